The van der Waals surface area contributed by atoms with E-state index in [1.165, 1.54) is 4.31 Å². The lowest BCUT2D eigenvalue weighted by atomic mass is 10.1. The normalized spacial score (nSPS) is 12.2. The van der Waals surface area contributed by atoms with E-state index in [4.69, 9.17) is 9.47 Å². The molecule has 2 aromatic rings. The van der Waals surface area contributed by atoms with Crippen LogP contribution in [0.3, 0.4) is 0 Å². The maximum atomic E-state index is 12.9. The molecule has 2 rings (SSSR count). The topological polar surface area (TPSA) is 84.9 Å². The van der Waals surface area contributed by atoms with Crippen molar-refractivity contribution in [1.29, 1.82) is 0 Å². The molecule has 7 nitrogen and oxygen atoms in total. The van der Waals surface area contributed by atoms with Crippen LogP contribution >= 0.6 is 0 Å². The number of sulfonamides is 1. The van der Waals surface area contributed by atoms with Gasteiger partial charge < -0.3 is 14.8 Å². The Balaban J connectivity index is 2.03. The summed E-state index contributed by atoms with van der Waals surface area (Å²) in [5.74, 6) is 1.03. The highest BCUT2D eigenvalue weighted by molar-refractivity contribution is 7.92. The second kappa shape index (κ2) is 11.0. The number of rotatable bonds is 11. The summed E-state index contributed by atoms with van der Waals surface area (Å²) in [5, 5.41) is 2.89. The number of benzene rings is 2. The summed E-state index contributed by atoms with van der Waals surface area (Å²) < 4.78 is 36.8. The minimum atomic E-state index is -3.63. The van der Waals surface area contributed by atoms with Gasteiger partial charge in [-0.25, -0.2) is 8.42 Å². The van der Waals surface area contributed by atoms with Crippen LogP contribution in [0.2, 0.25) is 0 Å². The number of amides is 1. The van der Waals surface area contributed by atoms with Gasteiger partial charge in [0.05, 0.1) is 26.2 Å². The Labute approximate surface area is 185 Å². The van der Waals surface area contributed by atoms with E-state index in [2.05, 4.69) is 5.32 Å². The largest absolute Gasteiger partial charge is 0.493 e. The molecule has 0 unspecified atom stereocenters. The minimum Gasteiger partial charge on any atom is -0.493 e. The van der Waals surface area contributed by atoms with Gasteiger partial charge in [0, 0.05) is 6.54 Å². The zero-order chi connectivity index (χ0) is 23.0. The molecule has 0 aromatic heterocycles. The number of aryl methyl sites for hydroxylation is 2. The Morgan fingerprint density at radius 2 is 1.81 bits per heavy atom. The predicted octanol–water partition coefficient (Wildman–Crippen LogP) is 3.31. The van der Waals surface area contributed by atoms with Crippen LogP contribution in [0.5, 0.6) is 11.5 Å². The number of carbonyl (C=O) groups is 1. The molecule has 31 heavy (non-hydrogen) atoms. The van der Waals surface area contributed by atoms with Crippen LogP contribution in [0.25, 0.3) is 0 Å². The van der Waals surface area contributed by atoms with Crippen molar-refractivity contribution in [3.05, 3.63) is 53.6 Å². The molecular formula is C23H32N2O5S. The third kappa shape index (κ3) is 6.62. The number of methoxy groups -OCH3 is 2. The summed E-state index contributed by atoms with van der Waals surface area (Å²) in [6.45, 7) is 4.14. The van der Waals surface area contributed by atoms with Gasteiger partial charge in [0.1, 0.15) is 6.04 Å². The third-order valence-electron chi connectivity index (χ3n) is 4.98. The minimum absolute atomic E-state index is 0.304. The van der Waals surface area contributed by atoms with Gasteiger partial charge in [0.25, 0.3) is 0 Å². The van der Waals surface area contributed by atoms with Crippen molar-refractivity contribution in [3.8, 4) is 11.5 Å². The molecular weight excluding hydrogens is 416 g/mol. The summed E-state index contributed by atoms with van der Waals surface area (Å²) in [5.41, 5.74) is 2.49. The number of carbonyl (C=O) groups excluding carboxylic acids is 1. The van der Waals surface area contributed by atoms with Gasteiger partial charge in [0.15, 0.2) is 11.5 Å². The highest BCUT2D eigenvalue weighted by Gasteiger charge is 2.31. The maximum absolute atomic E-state index is 12.9. The van der Waals surface area contributed by atoms with Crippen LogP contribution in [0.15, 0.2) is 42.5 Å². The fraction of sp³-hybridized carbons (Fsp3) is 0.435. The smallest absolute Gasteiger partial charge is 0.243 e. The molecule has 0 aliphatic rings. The van der Waals surface area contributed by atoms with E-state index in [9.17, 15) is 13.2 Å². The molecule has 1 atom stereocenters. The first-order chi connectivity index (χ1) is 14.7. The molecule has 0 aliphatic carbocycles. The lowest BCUT2D eigenvalue weighted by molar-refractivity contribution is -0.122. The third-order valence-corrected chi connectivity index (χ3v) is 6.16. The SMILES string of the molecule is CC[C@H](C(=O)NCCCc1ccc(OC)c(OC)c1)N(c1cccc(C)c1)S(C)(=O)=O. The van der Waals surface area contributed by atoms with Crippen molar-refractivity contribution in [2.45, 2.75) is 39.2 Å². The zero-order valence-electron chi connectivity index (χ0n) is 18.8. The second-order valence-electron chi connectivity index (χ2n) is 7.41. The van der Waals surface area contributed by atoms with Crippen LogP contribution in [0, 0.1) is 6.92 Å². The molecule has 0 aliphatic heterocycles. The summed E-state index contributed by atoms with van der Waals surface area (Å²) in [7, 11) is -0.449. The van der Waals surface area contributed by atoms with Crippen molar-refractivity contribution in [3.63, 3.8) is 0 Å². The average molecular weight is 449 g/mol. The number of anilines is 1. The molecule has 170 valence electrons. The molecule has 1 amide bonds. The molecule has 0 radical (unpaired) electrons. The van der Waals surface area contributed by atoms with E-state index in [-0.39, 0.29) is 5.91 Å². The van der Waals surface area contributed by atoms with E-state index < -0.39 is 16.1 Å². The monoisotopic (exact) mass is 448 g/mol. The molecule has 1 N–H and O–H groups in total. The number of hydrogen-bond donors (Lipinski definition) is 1. The van der Waals surface area contributed by atoms with E-state index in [0.717, 1.165) is 23.8 Å². The molecule has 0 saturated heterocycles. The van der Waals surface area contributed by atoms with Crippen molar-refractivity contribution in [2.75, 3.05) is 31.3 Å². The molecule has 8 heteroatoms. The van der Waals surface area contributed by atoms with Gasteiger partial charge in [-0.15, -0.1) is 0 Å². The van der Waals surface area contributed by atoms with Crippen LogP contribution in [-0.2, 0) is 21.2 Å². The predicted molar refractivity (Wildman–Crippen MR) is 123 cm³/mol. The first-order valence-corrected chi connectivity index (χ1v) is 12.1. The Bertz CT molecular complexity index is 991. The summed E-state index contributed by atoms with van der Waals surface area (Å²) >= 11 is 0. The Morgan fingerprint density at radius 3 is 2.39 bits per heavy atom. The highest BCUT2D eigenvalue weighted by Crippen LogP contribution is 2.28. The van der Waals surface area contributed by atoms with Gasteiger partial charge in [-0.2, -0.15) is 0 Å². The number of nitrogens with one attached hydrogen (secondary N) is 1. The standard InChI is InChI=1S/C23H32N2O5S/c1-6-20(25(31(5,27)28)19-11-7-9-17(2)15-19)23(26)24-14-8-10-18-12-13-21(29-3)22(16-18)30-4/h7,9,11-13,15-16,20H,6,8,10,14H2,1-5H3,(H,24,26)/t20-/m1/s1. The van der Waals surface area contributed by atoms with Crippen LogP contribution < -0.4 is 19.1 Å². The molecule has 0 heterocycles. The van der Waals surface area contributed by atoms with Crippen molar-refractivity contribution in [2.24, 2.45) is 0 Å². The van der Waals surface area contributed by atoms with Crippen LogP contribution in [0.4, 0.5) is 5.69 Å². The Hall–Kier alpha value is -2.74. The summed E-state index contributed by atoms with van der Waals surface area (Å²) in [6, 6.07) is 12.1. The molecule has 0 spiro atoms. The van der Waals surface area contributed by atoms with Gasteiger partial charge in [-0.05, 0) is 61.6 Å². The van der Waals surface area contributed by atoms with Crippen molar-refractivity contribution < 1.29 is 22.7 Å². The van der Waals surface area contributed by atoms with Gasteiger partial charge in [0.2, 0.25) is 15.9 Å². The van der Waals surface area contributed by atoms with Gasteiger partial charge in [-0.1, -0.05) is 25.1 Å². The second-order valence-corrected chi connectivity index (χ2v) is 9.27. The molecule has 0 fully saturated rings. The first-order valence-electron chi connectivity index (χ1n) is 10.3. The Morgan fingerprint density at radius 1 is 1.10 bits per heavy atom. The summed E-state index contributed by atoms with van der Waals surface area (Å²) in [4.78, 5) is 12.9. The lowest BCUT2D eigenvalue weighted by Gasteiger charge is -2.30. The number of hydrogen-bond acceptors (Lipinski definition) is 5. The van der Waals surface area contributed by atoms with Crippen LogP contribution in [0.1, 0.15) is 30.9 Å². The quantitative estimate of drug-likeness (QED) is 0.533. The number of ether oxygens (including phenoxy) is 2. The fourth-order valence-electron chi connectivity index (χ4n) is 3.48. The maximum Gasteiger partial charge on any atom is 0.243 e. The van der Waals surface area contributed by atoms with Crippen molar-refractivity contribution in [1.82, 2.24) is 5.32 Å². The zero-order valence-corrected chi connectivity index (χ0v) is 19.7. The molecule has 0 saturated carbocycles. The highest BCUT2D eigenvalue weighted by atomic mass is 32.2. The first kappa shape index (κ1) is 24.5. The van der Waals surface area contributed by atoms with Gasteiger partial charge >= 0.3 is 0 Å². The van der Waals surface area contributed by atoms with E-state index in [0.29, 0.717) is 36.6 Å². The molecule has 0 bridgehead atoms. The number of nitrogens with zero attached hydrogens (tertiary/aromatic N) is 1. The van der Waals surface area contributed by atoms with E-state index in [1.807, 2.05) is 38.1 Å². The summed E-state index contributed by atoms with van der Waals surface area (Å²) in [6.07, 6.45) is 2.94. The fourth-order valence-corrected chi connectivity index (χ4v) is 4.69. The average Bonchev–Trinajstić information content (AvgIpc) is 2.73. The molecule has 2 aromatic carbocycles. The van der Waals surface area contributed by atoms with Gasteiger partial charge in [-0.3, -0.25) is 9.10 Å². The van der Waals surface area contributed by atoms with Crippen molar-refractivity contribution >= 4 is 21.6 Å². The Kier molecular flexibility index (Phi) is 8.74. The van der Waals surface area contributed by atoms with E-state index in [1.54, 1.807) is 32.4 Å². The van der Waals surface area contributed by atoms with Crippen LogP contribution in [-0.4, -0.2) is 47.4 Å². The lowest BCUT2D eigenvalue weighted by Crippen LogP contribution is -2.49. The van der Waals surface area contributed by atoms with E-state index >= 15 is 0 Å².